The van der Waals surface area contributed by atoms with E-state index in [0.29, 0.717) is 5.75 Å². The van der Waals surface area contributed by atoms with Crippen molar-refractivity contribution in [3.8, 4) is 5.75 Å². The van der Waals surface area contributed by atoms with E-state index in [1.807, 2.05) is 39.0 Å². The first-order chi connectivity index (χ1) is 9.85. The van der Waals surface area contributed by atoms with Gasteiger partial charge in [0.25, 0.3) is 0 Å². The predicted molar refractivity (Wildman–Crippen MR) is 83.4 cm³/mol. The second kappa shape index (κ2) is 8.00. The minimum Gasteiger partial charge on any atom is -0.496 e. The zero-order valence-corrected chi connectivity index (χ0v) is 13.4. The SMILES string of the molecule is COc1ccc(C)cc1C(O)CNC(C)C(=O)NC(C)C. The van der Waals surface area contributed by atoms with E-state index in [4.69, 9.17) is 4.74 Å². The molecule has 0 saturated heterocycles. The van der Waals surface area contributed by atoms with Crippen LogP contribution in [0.15, 0.2) is 18.2 Å². The number of benzene rings is 1. The Morgan fingerprint density at radius 1 is 1.33 bits per heavy atom. The number of aliphatic hydroxyl groups is 1. The molecule has 0 bridgehead atoms. The number of hydrogen-bond donors (Lipinski definition) is 3. The van der Waals surface area contributed by atoms with Gasteiger partial charge in [0.1, 0.15) is 5.75 Å². The third-order valence-corrected chi connectivity index (χ3v) is 3.19. The molecule has 0 heterocycles. The maximum Gasteiger partial charge on any atom is 0.237 e. The molecule has 0 aliphatic carbocycles. The smallest absolute Gasteiger partial charge is 0.237 e. The van der Waals surface area contributed by atoms with Gasteiger partial charge >= 0.3 is 0 Å². The zero-order chi connectivity index (χ0) is 16.0. The van der Waals surface area contributed by atoms with Crippen molar-refractivity contribution in [3.63, 3.8) is 0 Å². The highest BCUT2D eigenvalue weighted by Gasteiger charge is 2.17. The van der Waals surface area contributed by atoms with E-state index >= 15 is 0 Å². The standard InChI is InChI=1S/C16H26N2O3/c1-10(2)18-16(20)12(4)17-9-14(19)13-8-11(3)6-7-15(13)21-5/h6-8,10,12,14,17,19H,9H2,1-5H3,(H,18,20). The summed E-state index contributed by atoms with van der Waals surface area (Å²) in [5.41, 5.74) is 1.77. The highest BCUT2D eigenvalue weighted by molar-refractivity contribution is 5.81. The van der Waals surface area contributed by atoms with E-state index in [1.165, 1.54) is 0 Å². The van der Waals surface area contributed by atoms with Crippen LogP contribution in [0.4, 0.5) is 0 Å². The lowest BCUT2D eigenvalue weighted by molar-refractivity contribution is -0.123. The number of nitrogens with one attached hydrogen (secondary N) is 2. The summed E-state index contributed by atoms with van der Waals surface area (Å²) in [6.45, 7) is 7.85. The highest BCUT2D eigenvalue weighted by Crippen LogP contribution is 2.25. The molecular weight excluding hydrogens is 268 g/mol. The lowest BCUT2D eigenvalue weighted by atomic mass is 10.0. The fraction of sp³-hybridized carbons (Fsp3) is 0.562. The summed E-state index contributed by atoms with van der Waals surface area (Å²) in [4.78, 5) is 11.8. The second-order valence-corrected chi connectivity index (χ2v) is 5.55. The van der Waals surface area contributed by atoms with Gasteiger partial charge in [-0.25, -0.2) is 0 Å². The Morgan fingerprint density at radius 2 is 2.00 bits per heavy atom. The van der Waals surface area contributed by atoms with Crippen molar-refractivity contribution in [1.82, 2.24) is 10.6 Å². The van der Waals surface area contributed by atoms with Crippen LogP contribution < -0.4 is 15.4 Å². The Balaban J connectivity index is 2.63. The Hall–Kier alpha value is -1.59. The summed E-state index contributed by atoms with van der Waals surface area (Å²) in [5.74, 6) is 0.572. The Kier molecular flexibility index (Phi) is 6.65. The van der Waals surface area contributed by atoms with Gasteiger partial charge in [0.05, 0.1) is 19.3 Å². The van der Waals surface area contributed by atoms with Crippen molar-refractivity contribution in [2.45, 2.75) is 45.9 Å². The fourth-order valence-electron chi connectivity index (χ4n) is 2.01. The largest absolute Gasteiger partial charge is 0.496 e. The minimum absolute atomic E-state index is 0.0755. The number of amides is 1. The summed E-state index contributed by atoms with van der Waals surface area (Å²) >= 11 is 0. The molecule has 5 heteroatoms. The molecule has 1 amide bonds. The van der Waals surface area contributed by atoms with Crippen molar-refractivity contribution >= 4 is 5.91 Å². The number of methoxy groups -OCH3 is 1. The van der Waals surface area contributed by atoms with Crippen LogP contribution in [0.3, 0.4) is 0 Å². The van der Waals surface area contributed by atoms with Crippen LogP contribution in [-0.2, 0) is 4.79 Å². The van der Waals surface area contributed by atoms with Gasteiger partial charge in [0.2, 0.25) is 5.91 Å². The molecular formula is C16H26N2O3. The lowest BCUT2D eigenvalue weighted by Gasteiger charge is -2.20. The third kappa shape index (κ3) is 5.36. The molecule has 0 radical (unpaired) electrons. The van der Waals surface area contributed by atoms with Crippen LogP contribution in [0, 0.1) is 6.92 Å². The van der Waals surface area contributed by atoms with Crippen LogP contribution in [0.2, 0.25) is 0 Å². The van der Waals surface area contributed by atoms with E-state index in [0.717, 1.165) is 11.1 Å². The third-order valence-electron chi connectivity index (χ3n) is 3.19. The minimum atomic E-state index is -0.728. The molecule has 3 N–H and O–H groups in total. The van der Waals surface area contributed by atoms with Gasteiger partial charge in [0, 0.05) is 18.2 Å². The summed E-state index contributed by atoms with van der Waals surface area (Å²) in [5, 5.41) is 16.2. The van der Waals surface area contributed by atoms with Crippen LogP contribution in [-0.4, -0.2) is 36.8 Å². The second-order valence-electron chi connectivity index (χ2n) is 5.55. The summed E-state index contributed by atoms with van der Waals surface area (Å²) in [6, 6.07) is 5.40. The molecule has 0 aliphatic rings. The average molecular weight is 294 g/mol. The Bertz CT molecular complexity index is 475. The molecule has 5 nitrogen and oxygen atoms in total. The zero-order valence-electron chi connectivity index (χ0n) is 13.4. The maximum atomic E-state index is 11.8. The van der Waals surface area contributed by atoms with E-state index in [9.17, 15) is 9.90 Å². The van der Waals surface area contributed by atoms with Gasteiger partial charge in [-0.2, -0.15) is 0 Å². The fourth-order valence-corrected chi connectivity index (χ4v) is 2.01. The van der Waals surface area contributed by atoms with Gasteiger partial charge in [0.15, 0.2) is 0 Å². The molecule has 1 aromatic carbocycles. The topological polar surface area (TPSA) is 70.6 Å². The predicted octanol–water partition coefficient (Wildman–Crippen LogP) is 1.54. The van der Waals surface area contributed by atoms with Crippen molar-refractivity contribution in [3.05, 3.63) is 29.3 Å². The molecule has 0 aromatic heterocycles. The number of carbonyl (C=O) groups excluding carboxylic acids is 1. The number of rotatable bonds is 7. The molecule has 0 aliphatic heterocycles. The molecule has 2 unspecified atom stereocenters. The van der Waals surface area contributed by atoms with Crippen LogP contribution in [0.5, 0.6) is 5.75 Å². The molecule has 0 saturated carbocycles. The van der Waals surface area contributed by atoms with E-state index in [2.05, 4.69) is 10.6 Å². The van der Waals surface area contributed by atoms with Gasteiger partial charge < -0.3 is 20.5 Å². The molecule has 21 heavy (non-hydrogen) atoms. The lowest BCUT2D eigenvalue weighted by Crippen LogP contribution is -2.45. The van der Waals surface area contributed by atoms with Crippen molar-refractivity contribution in [1.29, 1.82) is 0 Å². The normalized spacial score (nSPS) is 13.9. The quantitative estimate of drug-likeness (QED) is 0.713. The van der Waals surface area contributed by atoms with Crippen LogP contribution in [0.25, 0.3) is 0 Å². The monoisotopic (exact) mass is 294 g/mol. The molecule has 118 valence electrons. The summed E-state index contributed by atoms with van der Waals surface area (Å²) < 4.78 is 5.26. The number of aryl methyl sites for hydroxylation is 1. The average Bonchev–Trinajstić information content (AvgIpc) is 2.43. The molecule has 2 atom stereocenters. The molecule has 0 spiro atoms. The van der Waals surface area contributed by atoms with Crippen LogP contribution >= 0.6 is 0 Å². The van der Waals surface area contributed by atoms with Gasteiger partial charge in [-0.05, 0) is 39.8 Å². The first kappa shape index (κ1) is 17.5. The van der Waals surface area contributed by atoms with E-state index in [-0.39, 0.29) is 24.5 Å². The highest BCUT2D eigenvalue weighted by atomic mass is 16.5. The first-order valence-electron chi connectivity index (χ1n) is 7.21. The van der Waals surface area contributed by atoms with Crippen molar-refractivity contribution in [2.24, 2.45) is 0 Å². The number of carbonyl (C=O) groups is 1. The van der Waals surface area contributed by atoms with Gasteiger partial charge in [-0.3, -0.25) is 4.79 Å². The number of aliphatic hydroxyl groups excluding tert-OH is 1. The molecule has 1 rings (SSSR count). The number of ether oxygens (including phenoxy) is 1. The van der Waals surface area contributed by atoms with Crippen molar-refractivity contribution in [2.75, 3.05) is 13.7 Å². The van der Waals surface area contributed by atoms with E-state index in [1.54, 1.807) is 14.0 Å². The Labute approximate surface area is 126 Å². The number of hydrogen-bond acceptors (Lipinski definition) is 4. The first-order valence-corrected chi connectivity index (χ1v) is 7.21. The maximum absolute atomic E-state index is 11.8. The summed E-state index contributed by atoms with van der Waals surface area (Å²) in [6.07, 6.45) is -0.728. The molecule has 1 aromatic rings. The van der Waals surface area contributed by atoms with E-state index < -0.39 is 6.10 Å². The van der Waals surface area contributed by atoms with Gasteiger partial charge in [-0.15, -0.1) is 0 Å². The molecule has 0 fully saturated rings. The van der Waals surface area contributed by atoms with Gasteiger partial charge in [-0.1, -0.05) is 11.6 Å². The van der Waals surface area contributed by atoms with Crippen molar-refractivity contribution < 1.29 is 14.6 Å². The Morgan fingerprint density at radius 3 is 2.57 bits per heavy atom. The summed E-state index contributed by atoms with van der Waals surface area (Å²) in [7, 11) is 1.58. The van der Waals surface area contributed by atoms with Crippen LogP contribution in [0.1, 0.15) is 38.0 Å².